The van der Waals surface area contributed by atoms with Gasteiger partial charge in [-0.2, -0.15) is 0 Å². The van der Waals surface area contributed by atoms with E-state index in [0.717, 1.165) is 0 Å². The van der Waals surface area contributed by atoms with Crippen LogP contribution >= 0.6 is 15.9 Å². The third-order valence-corrected chi connectivity index (χ3v) is 4.79. The minimum atomic E-state index is -3.51. The molecule has 0 aromatic carbocycles. The lowest BCUT2D eigenvalue weighted by atomic mass is 11.9. The topological polar surface area (TPSA) is 63.6 Å². The molecule has 0 aliphatic carbocycles. The SMILES string of the molecule is CS(C)(=O)=NS(=O)(=O)CBr. The summed E-state index contributed by atoms with van der Waals surface area (Å²) in [7, 11) is -6.05. The fourth-order valence-electron chi connectivity index (χ4n) is 0.293. The maximum atomic E-state index is 10.8. The van der Waals surface area contributed by atoms with Crippen molar-refractivity contribution in [3.05, 3.63) is 0 Å². The monoisotopic (exact) mass is 249 g/mol. The highest BCUT2D eigenvalue weighted by Crippen LogP contribution is 2.00. The van der Waals surface area contributed by atoms with Crippen molar-refractivity contribution in [2.75, 3.05) is 17.2 Å². The number of rotatable bonds is 2. The number of halogens is 1. The van der Waals surface area contributed by atoms with E-state index >= 15 is 0 Å². The zero-order valence-corrected chi connectivity index (χ0v) is 8.79. The first-order valence-corrected chi connectivity index (χ1v) is 7.30. The summed E-state index contributed by atoms with van der Waals surface area (Å²) in [6.07, 6.45) is 2.54. The molecule has 0 atom stereocenters. The van der Waals surface area contributed by atoms with E-state index in [1.54, 1.807) is 0 Å². The van der Waals surface area contributed by atoms with E-state index in [1.807, 2.05) is 0 Å². The zero-order chi connectivity index (χ0) is 8.41. The molecule has 0 fully saturated rings. The second-order valence-corrected chi connectivity index (χ2v) is 7.66. The van der Waals surface area contributed by atoms with Crippen LogP contribution in [0, 0.1) is 0 Å². The smallest absolute Gasteiger partial charge is 0.249 e. The molecule has 0 unspecified atom stereocenters. The summed E-state index contributed by atoms with van der Waals surface area (Å²) in [5, 5.41) is 0. The minimum absolute atomic E-state index is 0.279. The van der Waals surface area contributed by atoms with Gasteiger partial charge in [0.2, 0.25) is 0 Å². The summed E-state index contributed by atoms with van der Waals surface area (Å²) in [6.45, 7) is 0. The molecular weight excluding hydrogens is 242 g/mol. The van der Waals surface area contributed by atoms with Gasteiger partial charge in [-0.25, -0.2) is 12.6 Å². The van der Waals surface area contributed by atoms with Crippen molar-refractivity contribution in [1.29, 1.82) is 0 Å². The van der Waals surface area contributed by atoms with E-state index < -0.39 is 19.8 Å². The van der Waals surface area contributed by atoms with Crippen molar-refractivity contribution >= 4 is 35.7 Å². The highest BCUT2D eigenvalue weighted by atomic mass is 79.9. The zero-order valence-electron chi connectivity index (χ0n) is 5.57. The summed E-state index contributed by atoms with van der Waals surface area (Å²) in [5.74, 6) is 0. The molecule has 4 nitrogen and oxygen atoms in total. The van der Waals surface area contributed by atoms with E-state index in [2.05, 4.69) is 19.7 Å². The Morgan fingerprint density at radius 3 is 1.80 bits per heavy atom. The lowest BCUT2D eigenvalue weighted by Gasteiger charge is -1.92. The number of hydrogen-bond donors (Lipinski definition) is 0. The van der Waals surface area contributed by atoms with Crippen LogP contribution in [0.25, 0.3) is 0 Å². The molecule has 10 heavy (non-hydrogen) atoms. The summed E-state index contributed by atoms with van der Waals surface area (Å²) in [6, 6.07) is 0. The Morgan fingerprint density at radius 2 is 1.70 bits per heavy atom. The van der Waals surface area contributed by atoms with Crippen LogP contribution in [0.5, 0.6) is 0 Å². The molecule has 0 spiro atoms. The Bertz CT molecular complexity index is 303. The van der Waals surface area contributed by atoms with Crippen LogP contribution in [0.4, 0.5) is 0 Å². The molecule has 62 valence electrons. The van der Waals surface area contributed by atoms with E-state index in [-0.39, 0.29) is 4.66 Å². The number of hydrogen-bond acceptors (Lipinski definition) is 3. The predicted octanol–water partition coefficient (Wildman–Crippen LogP) is 0.396. The van der Waals surface area contributed by atoms with Gasteiger partial charge in [-0.1, -0.05) is 15.9 Å². The lowest BCUT2D eigenvalue weighted by molar-refractivity contribution is 0.603. The first-order valence-electron chi connectivity index (χ1n) is 2.24. The largest absolute Gasteiger partial charge is 0.270 e. The normalized spacial score (nSPS) is 13.1. The van der Waals surface area contributed by atoms with Crippen molar-refractivity contribution in [3.63, 3.8) is 0 Å². The van der Waals surface area contributed by atoms with E-state index in [4.69, 9.17) is 0 Å². The average Bonchev–Trinajstić information content (AvgIpc) is 1.60. The molecule has 0 heterocycles. The Kier molecular flexibility index (Phi) is 3.31. The molecule has 0 aromatic heterocycles. The van der Waals surface area contributed by atoms with Gasteiger partial charge in [-0.3, -0.25) is 0 Å². The third kappa shape index (κ3) is 5.19. The first kappa shape index (κ1) is 10.4. The quantitative estimate of drug-likeness (QED) is 0.666. The maximum absolute atomic E-state index is 10.8. The van der Waals surface area contributed by atoms with Crippen molar-refractivity contribution in [2.24, 2.45) is 3.77 Å². The van der Waals surface area contributed by atoms with Gasteiger partial charge in [-0.05, 0) is 0 Å². The standard InChI is InChI=1S/C3H8BrNO3S2/c1-9(2,6)5-10(7,8)3-4/h3H2,1-2H3. The fraction of sp³-hybridized carbons (Fsp3) is 1.00. The summed E-state index contributed by atoms with van der Waals surface area (Å²) < 4.78 is 34.9. The van der Waals surface area contributed by atoms with Crippen molar-refractivity contribution in [3.8, 4) is 0 Å². The molecule has 0 bridgehead atoms. The molecule has 0 saturated carbocycles. The van der Waals surface area contributed by atoms with Gasteiger partial charge < -0.3 is 0 Å². The Hall–Kier alpha value is 0.380. The molecule has 0 radical (unpaired) electrons. The number of nitrogens with zero attached hydrogens (tertiary/aromatic N) is 1. The molecule has 0 amide bonds. The Morgan fingerprint density at radius 1 is 1.30 bits per heavy atom. The van der Waals surface area contributed by atoms with Gasteiger partial charge in [0.1, 0.15) is 4.66 Å². The lowest BCUT2D eigenvalue weighted by Crippen LogP contribution is -2.01. The average molecular weight is 250 g/mol. The fourth-order valence-corrected chi connectivity index (χ4v) is 3.39. The molecule has 0 aliphatic rings. The number of alkyl halides is 1. The second kappa shape index (κ2) is 3.19. The van der Waals surface area contributed by atoms with Crippen LogP contribution in [0.3, 0.4) is 0 Å². The van der Waals surface area contributed by atoms with Crippen LogP contribution in [0.2, 0.25) is 0 Å². The van der Waals surface area contributed by atoms with Gasteiger partial charge >= 0.3 is 0 Å². The summed E-state index contributed by atoms with van der Waals surface area (Å²) >= 11 is 2.72. The van der Waals surface area contributed by atoms with Crippen LogP contribution in [0.1, 0.15) is 0 Å². The van der Waals surface area contributed by atoms with Crippen LogP contribution < -0.4 is 0 Å². The maximum Gasteiger partial charge on any atom is 0.270 e. The second-order valence-electron chi connectivity index (χ2n) is 1.95. The van der Waals surface area contributed by atoms with Crippen LogP contribution in [-0.4, -0.2) is 29.8 Å². The van der Waals surface area contributed by atoms with Gasteiger partial charge in [0, 0.05) is 12.5 Å². The Labute approximate surface area is 69.4 Å². The van der Waals surface area contributed by atoms with Crippen LogP contribution in [-0.2, 0) is 19.8 Å². The van der Waals surface area contributed by atoms with Crippen molar-refractivity contribution in [1.82, 2.24) is 0 Å². The van der Waals surface area contributed by atoms with Gasteiger partial charge in [0.25, 0.3) is 10.0 Å². The molecule has 0 N–H and O–H groups in total. The molecule has 7 heteroatoms. The van der Waals surface area contributed by atoms with Crippen molar-refractivity contribution in [2.45, 2.75) is 0 Å². The molecule has 0 saturated heterocycles. The van der Waals surface area contributed by atoms with Gasteiger partial charge in [0.05, 0.1) is 9.73 Å². The number of sulfonamides is 1. The first-order chi connectivity index (χ1) is 4.27. The molecule has 0 rings (SSSR count). The van der Waals surface area contributed by atoms with Crippen molar-refractivity contribution < 1.29 is 12.6 Å². The highest BCUT2D eigenvalue weighted by Gasteiger charge is 2.06. The van der Waals surface area contributed by atoms with Crippen LogP contribution in [0.15, 0.2) is 3.77 Å². The van der Waals surface area contributed by atoms with E-state index in [0.29, 0.717) is 0 Å². The molecular formula is C3H8BrNO3S2. The Balaban J connectivity index is 4.97. The third-order valence-electron chi connectivity index (χ3n) is 0.431. The summed E-state index contributed by atoms with van der Waals surface area (Å²) in [5.41, 5.74) is 0. The predicted molar refractivity (Wildman–Crippen MR) is 45.1 cm³/mol. The highest BCUT2D eigenvalue weighted by molar-refractivity contribution is 9.10. The van der Waals surface area contributed by atoms with E-state index in [1.165, 1.54) is 12.5 Å². The molecule has 0 aliphatic heterocycles. The van der Waals surface area contributed by atoms with Gasteiger partial charge in [-0.15, -0.1) is 3.77 Å². The van der Waals surface area contributed by atoms with Gasteiger partial charge in [0.15, 0.2) is 0 Å². The molecule has 0 aromatic rings. The minimum Gasteiger partial charge on any atom is -0.249 e. The summed E-state index contributed by atoms with van der Waals surface area (Å²) in [4.78, 5) is 0. The van der Waals surface area contributed by atoms with E-state index in [9.17, 15) is 12.6 Å².